The van der Waals surface area contributed by atoms with E-state index < -0.39 is 0 Å². The van der Waals surface area contributed by atoms with Crippen LogP contribution in [0.25, 0.3) is 6.08 Å². The molecule has 2 saturated heterocycles. The Morgan fingerprint density at radius 1 is 1.24 bits per heavy atom. The molecule has 1 saturated carbocycles. The SMILES string of the molecule is Nc1ccc(/C=C/C(=O)NCCC2[C@H]3CN(C(=O)CC4CCOCC4)C[C@@H]23)cn1. The van der Waals surface area contributed by atoms with Crippen molar-refractivity contribution in [3.63, 3.8) is 0 Å². The summed E-state index contributed by atoms with van der Waals surface area (Å²) >= 11 is 0. The molecule has 1 aromatic heterocycles. The molecule has 29 heavy (non-hydrogen) atoms. The van der Waals surface area contributed by atoms with Gasteiger partial charge in [-0.3, -0.25) is 9.59 Å². The molecule has 0 aromatic carbocycles. The zero-order valence-corrected chi connectivity index (χ0v) is 16.8. The molecule has 156 valence electrons. The van der Waals surface area contributed by atoms with E-state index in [2.05, 4.69) is 15.2 Å². The normalized spacial score (nSPS) is 26.5. The fraction of sp³-hybridized carbons (Fsp3) is 0.591. The van der Waals surface area contributed by atoms with Gasteiger partial charge in [-0.25, -0.2) is 4.98 Å². The Morgan fingerprint density at radius 3 is 2.69 bits per heavy atom. The molecule has 3 aliphatic rings. The van der Waals surface area contributed by atoms with Crippen molar-refractivity contribution in [2.75, 3.05) is 38.6 Å². The highest BCUT2D eigenvalue weighted by molar-refractivity contribution is 5.91. The van der Waals surface area contributed by atoms with E-state index in [1.54, 1.807) is 18.3 Å². The van der Waals surface area contributed by atoms with E-state index >= 15 is 0 Å². The van der Waals surface area contributed by atoms with Crippen molar-refractivity contribution in [3.05, 3.63) is 30.0 Å². The van der Waals surface area contributed by atoms with Crippen LogP contribution in [0, 0.1) is 23.7 Å². The molecule has 3 atom stereocenters. The predicted octanol–water partition coefficient (Wildman–Crippen LogP) is 1.70. The number of nitrogen functional groups attached to an aromatic ring is 1. The van der Waals surface area contributed by atoms with Crippen molar-refractivity contribution in [1.82, 2.24) is 15.2 Å². The van der Waals surface area contributed by atoms with E-state index in [1.165, 1.54) is 6.08 Å². The predicted molar refractivity (Wildman–Crippen MR) is 111 cm³/mol. The number of piperidine rings is 1. The topological polar surface area (TPSA) is 97.6 Å². The van der Waals surface area contributed by atoms with Gasteiger partial charge in [0.25, 0.3) is 0 Å². The van der Waals surface area contributed by atoms with Crippen LogP contribution in [0.15, 0.2) is 24.4 Å². The van der Waals surface area contributed by atoms with E-state index in [4.69, 9.17) is 10.5 Å². The number of anilines is 1. The molecule has 1 aromatic rings. The van der Waals surface area contributed by atoms with Crippen molar-refractivity contribution in [2.24, 2.45) is 23.7 Å². The lowest BCUT2D eigenvalue weighted by Crippen LogP contribution is -2.34. The summed E-state index contributed by atoms with van der Waals surface area (Å²) in [4.78, 5) is 30.5. The molecular weight excluding hydrogens is 368 g/mol. The number of nitrogens with one attached hydrogen (secondary N) is 1. The number of carbonyl (C=O) groups excluding carboxylic acids is 2. The number of likely N-dealkylation sites (tertiary alicyclic amines) is 1. The monoisotopic (exact) mass is 398 g/mol. The van der Waals surface area contributed by atoms with Crippen LogP contribution in [0.1, 0.15) is 31.2 Å². The van der Waals surface area contributed by atoms with Gasteiger partial charge in [-0.05, 0) is 66.7 Å². The van der Waals surface area contributed by atoms with E-state index in [1.807, 2.05) is 6.07 Å². The molecule has 0 spiro atoms. The van der Waals surface area contributed by atoms with Gasteiger partial charge in [0.1, 0.15) is 5.82 Å². The molecule has 1 unspecified atom stereocenters. The molecule has 0 bridgehead atoms. The van der Waals surface area contributed by atoms with Crippen LogP contribution < -0.4 is 11.1 Å². The number of aromatic nitrogens is 1. The first kappa shape index (κ1) is 19.9. The Labute approximate surface area is 171 Å². The lowest BCUT2D eigenvalue weighted by atomic mass is 9.96. The van der Waals surface area contributed by atoms with Gasteiger partial charge in [0.05, 0.1) is 0 Å². The molecule has 3 fully saturated rings. The Kier molecular flexibility index (Phi) is 6.13. The quantitative estimate of drug-likeness (QED) is 0.682. The average molecular weight is 399 g/mol. The summed E-state index contributed by atoms with van der Waals surface area (Å²) in [5.41, 5.74) is 6.39. The number of hydrogen-bond donors (Lipinski definition) is 2. The van der Waals surface area contributed by atoms with Crippen LogP contribution in [0.4, 0.5) is 5.82 Å². The number of carbonyl (C=O) groups is 2. The molecule has 1 aliphatic carbocycles. The Balaban J connectivity index is 1.11. The average Bonchev–Trinajstić information content (AvgIpc) is 3.17. The minimum absolute atomic E-state index is 0.0964. The Hall–Kier alpha value is -2.41. The first-order valence-corrected chi connectivity index (χ1v) is 10.6. The minimum Gasteiger partial charge on any atom is -0.384 e. The van der Waals surface area contributed by atoms with Gasteiger partial charge < -0.3 is 20.7 Å². The number of nitrogens with two attached hydrogens (primary N) is 1. The molecule has 7 heteroatoms. The summed E-state index contributed by atoms with van der Waals surface area (Å²) in [6.07, 6.45) is 8.59. The number of pyridine rings is 1. The molecule has 0 radical (unpaired) electrons. The van der Waals surface area contributed by atoms with Crippen molar-refractivity contribution in [3.8, 4) is 0 Å². The van der Waals surface area contributed by atoms with Crippen LogP contribution in [0.5, 0.6) is 0 Å². The van der Waals surface area contributed by atoms with Crippen molar-refractivity contribution in [2.45, 2.75) is 25.7 Å². The van der Waals surface area contributed by atoms with Crippen molar-refractivity contribution >= 4 is 23.7 Å². The third-order valence-electron chi connectivity index (χ3n) is 6.54. The van der Waals surface area contributed by atoms with Gasteiger partial charge in [0.15, 0.2) is 0 Å². The lowest BCUT2D eigenvalue weighted by molar-refractivity contribution is -0.132. The third-order valence-corrected chi connectivity index (χ3v) is 6.54. The van der Waals surface area contributed by atoms with E-state index in [9.17, 15) is 9.59 Å². The van der Waals surface area contributed by atoms with Gasteiger partial charge in [0, 0.05) is 51.5 Å². The van der Waals surface area contributed by atoms with Crippen LogP contribution in [0.3, 0.4) is 0 Å². The maximum absolute atomic E-state index is 12.5. The van der Waals surface area contributed by atoms with Crippen LogP contribution in [0.2, 0.25) is 0 Å². The molecule has 4 rings (SSSR count). The second-order valence-corrected chi connectivity index (χ2v) is 8.48. The second kappa shape index (κ2) is 8.95. The Morgan fingerprint density at radius 2 is 2.00 bits per heavy atom. The molecule has 2 aliphatic heterocycles. The maximum Gasteiger partial charge on any atom is 0.244 e. The number of hydrogen-bond acceptors (Lipinski definition) is 5. The summed E-state index contributed by atoms with van der Waals surface area (Å²) in [5.74, 6) is 3.08. The molecular formula is C22H30N4O3. The summed E-state index contributed by atoms with van der Waals surface area (Å²) in [5, 5.41) is 2.95. The van der Waals surface area contributed by atoms with Gasteiger partial charge in [-0.15, -0.1) is 0 Å². The van der Waals surface area contributed by atoms with Crippen molar-refractivity contribution < 1.29 is 14.3 Å². The van der Waals surface area contributed by atoms with E-state index in [0.717, 1.165) is 51.1 Å². The highest BCUT2D eigenvalue weighted by atomic mass is 16.5. The first-order chi connectivity index (χ1) is 14.1. The molecule has 3 N–H and O–H groups in total. The molecule has 7 nitrogen and oxygen atoms in total. The maximum atomic E-state index is 12.5. The molecule has 2 amide bonds. The smallest absolute Gasteiger partial charge is 0.244 e. The minimum atomic E-state index is -0.0964. The zero-order valence-electron chi connectivity index (χ0n) is 16.8. The fourth-order valence-corrected chi connectivity index (χ4v) is 4.72. The second-order valence-electron chi connectivity index (χ2n) is 8.48. The van der Waals surface area contributed by atoms with Crippen LogP contribution in [-0.4, -0.2) is 54.5 Å². The zero-order chi connectivity index (χ0) is 20.2. The number of amides is 2. The Bertz CT molecular complexity index is 746. The summed E-state index contributed by atoms with van der Waals surface area (Å²) in [6, 6.07) is 3.54. The number of nitrogens with zero attached hydrogens (tertiary/aromatic N) is 2. The summed E-state index contributed by atoms with van der Waals surface area (Å²) < 4.78 is 5.37. The van der Waals surface area contributed by atoms with Gasteiger partial charge in [-0.1, -0.05) is 0 Å². The summed E-state index contributed by atoms with van der Waals surface area (Å²) in [7, 11) is 0. The summed E-state index contributed by atoms with van der Waals surface area (Å²) in [6.45, 7) is 4.06. The van der Waals surface area contributed by atoms with E-state index in [-0.39, 0.29) is 5.91 Å². The number of rotatable bonds is 7. The van der Waals surface area contributed by atoms with E-state index in [0.29, 0.717) is 48.4 Å². The third kappa shape index (κ3) is 5.15. The largest absolute Gasteiger partial charge is 0.384 e. The van der Waals surface area contributed by atoms with Gasteiger partial charge >= 0.3 is 0 Å². The fourth-order valence-electron chi connectivity index (χ4n) is 4.72. The van der Waals surface area contributed by atoms with Gasteiger partial charge in [0.2, 0.25) is 11.8 Å². The number of ether oxygens (including phenoxy) is 1. The lowest BCUT2D eigenvalue weighted by Gasteiger charge is -2.25. The van der Waals surface area contributed by atoms with Crippen LogP contribution >= 0.6 is 0 Å². The van der Waals surface area contributed by atoms with Crippen molar-refractivity contribution in [1.29, 1.82) is 0 Å². The standard InChI is InChI=1S/C22H30N4O3/c23-20-3-1-16(12-25-20)2-4-21(27)24-8-5-17-18-13-26(14-19(17)18)22(28)11-15-6-9-29-10-7-15/h1-4,12,15,17-19H,5-11,13-14H2,(H2,23,25)(H,24,27)/b4-2+/t17?,18-,19+. The van der Waals surface area contributed by atoms with Crippen LogP contribution in [-0.2, 0) is 14.3 Å². The highest BCUT2D eigenvalue weighted by Gasteiger charge is 2.55. The first-order valence-electron chi connectivity index (χ1n) is 10.6. The molecule has 3 heterocycles. The highest BCUT2D eigenvalue weighted by Crippen LogP contribution is 2.53. The van der Waals surface area contributed by atoms with Gasteiger partial charge in [-0.2, -0.15) is 0 Å². The number of fused-ring (bicyclic) bond motifs is 1.